The number of hydrogen-bond acceptors (Lipinski definition) is 7. The van der Waals surface area contributed by atoms with Gasteiger partial charge in [-0.05, 0) is 68.1 Å². The maximum atomic E-state index is 13.8. The van der Waals surface area contributed by atoms with Crippen molar-refractivity contribution in [3.05, 3.63) is 93.2 Å². The van der Waals surface area contributed by atoms with Crippen molar-refractivity contribution in [2.24, 2.45) is 7.05 Å². The van der Waals surface area contributed by atoms with E-state index >= 15 is 0 Å². The van der Waals surface area contributed by atoms with E-state index in [2.05, 4.69) is 9.88 Å². The molecule has 238 valence electrons. The van der Waals surface area contributed by atoms with Crippen LogP contribution in [-0.2, 0) is 37.8 Å². The fraction of sp³-hybridized carbons (Fsp3) is 0.371. The molecule has 0 bridgehead atoms. The normalized spacial score (nSPS) is 18.5. The van der Waals surface area contributed by atoms with Crippen molar-refractivity contribution in [2.75, 3.05) is 43.9 Å². The summed E-state index contributed by atoms with van der Waals surface area (Å²) in [4.78, 5) is 50.1. The van der Waals surface area contributed by atoms with E-state index in [1.54, 1.807) is 23.0 Å². The summed E-state index contributed by atoms with van der Waals surface area (Å²) in [6.45, 7) is 2.40. The number of likely N-dealkylation sites (N-methyl/N-ethyl adjacent to an activating group) is 2. The van der Waals surface area contributed by atoms with E-state index in [4.69, 9.17) is 4.98 Å². The molecular weight excluding hydrogens is 582 g/mol. The number of nitrogens with zero attached hydrogens (tertiary/aromatic N) is 6. The Morgan fingerprint density at radius 2 is 1.72 bits per heavy atom. The summed E-state index contributed by atoms with van der Waals surface area (Å²) in [6, 6.07) is 14.7. The third kappa shape index (κ3) is 5.09. The maximum absolute atomic E-state index is 13.8. The second-order valence-electron chi connectivity index (χ2n) is 12.6. The number of benzene rings is 2. The largest absolute Gasteiger partial charge is 0.392 e. The van der Waals surface area contributed by atoms with E-state index in [1.165, 1.54) is 15.8 Å². The molecule has 11 nitrogen and oxygen atoms in total. The van der Waals surface area contributed by atoms with Crippen molar-refractivity contribution >= 4 is 29.0 Å². The van der Waals surface area contributed by atoms with Crippen molar-refractivity contribution in [3.63, 3.8) is 0 Å². The van der Waals surface area contributed by atoms with Crippen molar-refractivity contribution < 1.29 is 14.7 Å². The Kier molecular flexibility index (Phi) is 7.74. The van der Waals surface area contributed by atoms with Gasteiger partial charge in [0.25, 0.3) is 11.5 Å². The van der Waals surface area contributed by atoms with Crippen molar-refractivity contribution in [2.45, 2.75) is 44.9 Å². The summed E-state index contributed by atoms with van der Waals surface area (Å²) in [7, 11) is 5.43. The smallest absolute Gasteiger partial charge is 0.293 e. The summed E-state index contributed by atoms with van der Waals surface area (Å²) in [5, 5.41) is 13.8. The van der Waals surface area contributed by atoms with Crippen molar-refractivity contribution in [3.8, 4) is 11.3 Å². The molecule has 0 spiro atoms. The van der Waals surface area contributed by atoms with Crippen molar-refractivity contribution in [1.82, 2.24) is 23.9 Å². The maximum Gasteiger partial charge on any atom is 0.293 e. The summed E-state index contributed by atoms with van der Waals surface area (Å²) in [5.74, 6) is 0.114. The number of carbonyl (C=O) groups is 2. The molecule has 7 rings (SSSR count). The van der Waals surface area contributed by atoms with E-state index < -0.39 is 0 Å². The summed E-state index contributed by atoms with van der Waals surface area (Å²) in [5.41, 5.74) is 6.85. The van der Waals surface area contributed by atoms with Crippen LogP contribution in [0.5, 0.6) is 0 Å². The lowest BCUT2D eigenvalue weighted by Gasteiger charge is -2.37. The number of carbonyl (C=O) groups excluding carboxylic acids is 2. The number of nitrogens with one attached hydrogen (secondary N) is 1. The Morgan fingerprint density at radius 1 is 0.935 bits per heavy atom. The lowest BCUT2D eigenvalue weighted by Crippen LogP contribution is -2.48. The van der Waals surface area contributed by atoms with Gasteiger partial charge in [-0.25, -0.2) is 4.98 Å². The highest BCUT2D eigenvalue weighted by Gasteiger charge is 2.33. The van der Waals surface area contributed by atoms with Crippen LogP contribution in [0, 0.1) is 0 Å². The molecule has 2 N–H and O–H groups in total. The molecule has 4 heterocycles. The van der Waals surface area contributed by atoms with Crippen LogP contribution in [0.1, 0.15) is 51.8 Å². The Hall–Kier alpha value is -4.74. The zero-order valence-electron chi connectivity index (χ0n) is 26.5. The molecule has 3 aliphatic rings. The number of aryl methyl sites for hydroxylation is 2. The number of aliphatic hydroxyl groups is 1. The third-order valence-corrected chi connectivity index (χ3v) is 9.69. The lowest BCUT2D eigenvalue weighted by atomic mass is 9.98. The topological polar surface area (TPSA) is 116 Å². The van der Waals surface area contributed by atoms with Gasteiger partial charge in [-0.2, -0.15) is 0 Å². The van der Waals surface area contributed by atoms with Gasteiger partial charge in [-0.15, -0.1) is 0 Å². The first-order chi connectivity index (χ1) is 22.2. The molecule has 0 radical (unpaired) electrons. The van der Waals surface area contributed by atoms with E-state index in [9.17, 15) is 19.5 Å². The summed E-state index contributed by atoms with van der Waals surface area (Å²) < 4.78 is 3.64. The Morgan fingerprint density at radius 3 is 2.50 bits per heavy atom. The molecule has 1 saturated heterocycles. The molecular formula is C35H39N7O4. The number of fused-ring (bicyclic) bond motifs is 3. The number of aliphatic hydroxyl groups excluding tert-OH is 1. The van der Waals surface area contributed by atoms with Crippen LogP contribution >= 0.6 is 0 Å². The van der Waals surface area contributed by atoms with Crippen LogP contribution in [0.25, 0.3) is 11.3 Å². The highest BCUT2D eigenvalue weighted by Crippen LogP contribution is 2.35. The third-order valence-electron chi connectivity index (χ3n) is 9.69. The van der Waals surface area contributed by atoms with Gasteiger partial charge in [0.1, 0.15) is 11.7 Å². The average Bonchev–Trinajstić information content (AvgIpc) is 3.45. The van der Waals surface area contributed by atoms with Crippen LogP contribution in [0.2, 0.25) is 0 Å². The molecule has 4 aromatic rings. The van der Waals surface area contributed by atoms with Crippen LogP contribution in [-0.4, -0.2) is 74.6 Å². The summed E-state index contributed by atoms with van der Waals surface area (Å²) in [6.07, 6.45) is 5.96. The predicted octanol–water partition coefficient (Wildman–Crippen LogP) is 3.47. The Labute approximate surface area is 267 Å². The zero-order chi connectivity index (χ0) is 32.1. The minimum absolute atomic E-state index is 0.0546. The molecule has 0 saturated carbocycles. The van der Waals surface area contributed by atoms with Gasteiger partial charge in [0, 0.05) is 69.0 Å². The number of anilines is 3. The number of aromatic nitrogens is 3. The van der Waals surface area contributed by atoms with Gasteiger partial charge in [0.05, 0.1) is 18.0 Å². The molecule has 0 unspecified atom stereocenters. The number of hydrogen-bond donors (Lipinski definition) is 2. The van der Waals surface area contributed by atoms with Crippen molar-refractivity contribution in [1.29, 1.82) is 0 Å². The standard InChI is InChI=1S/C35H39N7O4/c1-38-15-16-39(2)34(45)31(38)22-11-13-24(14-12-22)36-32-35(46)40(3)20-27(37-32)25-8-6-10-29(26(25)21-43)42-18-17-41-28-9-5-4-7-23(28)19-30(41)33(42)44/h6,8,10-14,19-20,31,43H,4-5,7,9,15-18,21H2,1-3H3,(H,36,37)/t31-/m1/s1. The second kappa shape index (κ2) is 11.9. The quantitative estimate of drug-likeness (QED) is 0.339. The van der Waals surface area contributed by atoms with Gasteiger partial charge in [0.2, 0.25) is 5.91 Å². The first-order valence-electron chi connectivity index (χ1n) is 15.9. The number of rotatable bonds is 6. The van der Waals surface area contributed by atoms with E-state index in [-0.39, 0.29) is 35.8 Å². The van der Waals surface area contributed by atoms with E-state index in [0.717, 1.165) is 37.8 Å². The molecule has 2 amide bonds. The molecule has 1 aliphatic carbocycles. The van der Waals surface area contributed by atoms with Gasteiger partial charge < -0.3 is 29.4 Å². The fourth-order valence-electron chi connectivity index (χ4n) is 7.15. The van der Waals surface area contributed by atoms with Crippen LogP contribution in [0.4, 0.5) is 17.2 Å². The summed E-state index contributed by atoms with van der Waals surface area (Å²) >= 11 is 0. The Bertz CT molecular complexity index is 1890. The molecule has 11 heteroatoms. The fourth-order valence-corrected chi connectivity index (χ4v) is 7.15. The van der Waals surface area contributed by atoms with E-state index in [0.29, 0.717) is 53.5 Å². The highest BCUT2D eigenvalue weighted by molar-refractivity contribution is 6.07. The first kappa shape index (κ1) is 29.9. The predicted molar refractivity (Wildman–Crippen MR) is 176 cm³/mol. The lowest BCUT2D eigenvalue weighted by molar-refractivity contribution is -0.139. The Balaban J connectivity index is 1.19. The molecule has 1 atom stereocenters. The van der Waals surface area contributed by atoms with Crippen LogP contribution in [0.3, 0.4) is 0 Å². The second-order valence-corrected chi connectivity index (χ2v) is 12.6. The van der Waals surface area contributed by atoms with Crippen LogP contribution < -0.4 is 15.8 Å². The molecule has 2 aromatic carbocycles. The molecule has 1 fully saturated rings. The molecule has 2 aliphatic heterocycles. The minimum Gasteiger partial charge on any atom is -0.392 e. The van der Waals surface area contributed by atoms with Gasteiger partial charge in [-0.3, -0.25) is 19.3 Å². The SMILES string of the molecule is CN1CCN(C)[C@H](c2ccc(Nc3nc(-c4cccc(N5CCn6c(cc7c6CCCC7)C5=O)c4CO)cn(C)c3=O)cc2)C1=O. The first-order valence-corrected chi connectivity index (χ1v) is 15.9. The van der Waals surface area contributed by atoms with Gasteiger partial charge >= 0.3 is 0 Å². The van der Waals surface area contributed by atoms with Gasteiger partial charge in [-0.1, -0.05) is 24.3 Å². The average molecular weight is 622 g/mol. The molecule has 46 heavy (non-hydrogen) atoms. The van der Waals surface area contributed by atoms with Crippen LogP contribution in [0.15, 0.2) is 59.5 Å². The number of amides is 2. The zero-order valence-corrected chi connectivity index (χ0v) is 26.5. The molecule has 2 aromatic heterocycles. The van der Waals surface area contributed by atoms with Gasteiger partial charge in [0.15, 0.2) is 5.82 Å². The monoisotopic (exact) mass is 621 g/mol. The van der Waals surface area contributed by atoms with E-state index in [1.807, 2.05) is 67.5 Å². The highest BCUT2D eigenvalue weighted by atomic mass is 16.3. The minimum atomic E-state index is -0.354. The number of piperazine rings is 1.